The number of hydrogen-bond acceptors (Lipinski definition) is 8. The number of hydrogen-bond donors (Lipinski definition) is 1. The molecule has 0 unspecified atom stereocenters. The molecule has 0 amide bonds. The number of carboxylic acid groups (broad SMARTS) is 1. The second-order valence-electron chi connectivity index (χ2n) is 7.73. The van der Waals surface area contributed by atoms with Crippen molar-refractivity contribution in [3.63, 3.8) is 0 Å². The van der Waals surface area contributed by atoms with Crippen LogP contribution in [0.15, 0.2) is 47.4 Å². The maximum absolute atomic E-state index is 13.4. The molecule has 0 radical (unpaired) electrons. The van der Waals surface area contributed by atoms with Crippen molar-refractivity contribution in [1.29, 1.82) is 0 Å². The van der Waals surface area contributed by atoms with Gasteiger partial charge >= 0.3 is 5.97 Å². The molecule has 9 nitrogen and oxygen atoms in total. The van der Waals surface area contributed by atoms with Crippen molar-refractivity contribution in [2.45, 2.75) is 22.5 Å². The molecule has 0 bridgehead atoms. The first-order valence-corrected chi connectivity index (χ1v) is 11.7. The summed E-state index contributed by atoms with van der Waals surface area (Å²) in [6, 6.07) is 10.9. The molecule has 2 aliphatic heterocycles. The number of carboxylic acids is 1. The Bertz CT molecular complexity index is 1080. The zero-order valence-corrected chi connectivity index (χ0v) is 18.5. The lowest BCUT2D eigenvalue weighted by Crippen LogP contribution is -2.54. The zero-order valence-electron chi connectivity index (χ0n) is 17.7. The number of benzene rings is 2. The van der Waals surface area contributed by atoms with Crippen molar-refractivity contribution >= 4 is 15.8 Å². The van der Waals surface area contributed by atoms with E-state index in [0.29, 0.717) is 49.2 Å². The van der Waals surface area contributed by atoms with E-state index < -0.39 is 20.6 Å². The molecular formula is C22H25NO8S. The number of fused-ring (bicyclic) bond motifs is 1. The molecule has 2 aromatic carbocycles. The number of rotatable bonds is 8. The molecular weight excluding hydrogens is 438 g/mol. The number of ether oxygens (including phenoxy) is 4. The van der Waals surface area contributed by atoms with Gasteiger partial charge in [-0.2, -0.15) is 0 Å². The van der Waals surface area contributed by atoms with Crippen molar-refractivity contribution in [2.24, 2.45) is 0 Å². The van der Waals surface area contributed by atoms with Crippen molar-refractivity contribution in [2.75, 3.05) is 40.1 Å². The third-order valence-electron chi connectivity index (χ3n) is 5.89. The van der Waals surface area contributed by atoms with E-state index in [9.17, 15) is 18.3 Å². The summed E-state index contributed by atoms with van der Waals surface area (Å²) in [5.41, 5.74) is 0. The normalized spacial score (nSPS) is 17.8. The predicted octanol–water partition coefficient (Wildman–Crippen LogP) is 2.55. The van der Waals surface area contributed by atoms with E-state index in [4.69, 9.17) is 18.9 Å². The van der Waals surface area contributed by atoms with Crippen LogP contribution in [0, 0.1) is 0 Å². The van der Waals surface area contributed by atoms with Gasteiger partial charge in [0.2, 0.25) is 6.79 Å². The lowest BCUT2D eigenvalue weighted by atomic mass is 9.96. The number of carbonyl (C=O) groups is 1. The van der Waals surface area contributed by atoms with Crippen molar-refractivity contribution in [1.82, 2.24) is 4.90 Å². The summed E-state index contributed by atoms with van der Waals surface area (Å²) in [6.07, 6.45) is 0.0354. The van der Waals surface area contributed by atoms with E-state index in [-0.39, 0.29) is 24.5 Å². The lowest BCUT2D eigenvalue weighted by molar-refractivity contribution is -0.141. The maximum Gasteiger partial charge on any atom is 0.325 e. The topological polar surface area (TPSA) is 112 Å². The van der Waals surface area contributed by atoms with Crippen LogP contribution in [0.5, 0.6) is 23.0 Å². The van der Waals surface area contributed by atoms with E-state index in [0.717, 1.165) is 0 Å². The minimum Gasteiger partial charge on any atom is -0.480 e. The van der Waals surface area contributed by atoms with Crippen LogP contribution in [0.2, 0.25) is 0 Å². The molecule has 2 heterocycles. The van der Waals surface area contributed by atoms with E-state index in [2.05, 4.69) is 0 Å². The maximum atomic E-state index is 13.4. The standard InChI is InChI=1S/C22H25NO8S/c1-28-13-12-23-10-8-22(9-11-23,21(24)25)32(26,27)18-5-2-16(3-6-18)31-17-4-7-19-20(14-17)30-15-29-19/h2-7,14H,8-13,15H2,1H3,(H,24,25). The summed E-state index contributed by atoms with van der Waals surface area (Å²) in [4.78, 5) is 14.1. The molecule has 0 saturated carbocycles. The van der Waals surface area contributed by atoms with E-state index in [1.54, 1.807) is 25.3 Å². The highest BCUT2D eigenvalue weighted by atomic mass is 32.2. The Morgan fingerprint density at radius 3 is 2.38 bits per heavy atom. The van der Waals surface area contributed by atoms with Crippen molar-refractivity contribution in [3.05, 3.63) is 42.5 Å². The second kappa shape index (κ2) is 8.97. The molecule has 172 valence electrons. The number of aliphatic carboxylic acids is 1. The van der Waals surface area contributed by atoms with Gasteiger partial charge in [-0.05, 0) is 49.2 Å². The van der Waals surface area contributed by atoms with Crippen molar-refractivity contribution in [3.8, 4) is 23.0 Å². The fourth-order valence-electron chi connectivity index (χ4n) is 3.94. The minimum atomic E-state index is -4.11. The minimum absolute atomic E-state index is 0.0177. The fraction of sp³-hybridized carbons (Fsp3) is 0.409. The SMILES string of the molecule is COCCN1CCC(C(=O)O)(S(=O)(=O)c2ccc(Oc3ccc4c(c3)OCO4)cc2)CC1. The smallest absolute Gasteiger partial charge is 0.325 e. The molecule has 2 aliphatic rings. The summed E-state index contributed by atoms with van der Waals surface area (Å²) in [7, 11) is -2.52. The molecule has 1 saturated heterocycles. The van der Waals surface area contributed by atoms with Gasteiger partial charge in [-0.15, -0.1) is 0 Å². The molecule has 4 rings (SSSR count). The molecule has 1 N–H and O–H groups in total. The summed E-state index contributed by atoms with van der Waals surface area (Å²) in [5.74, 6) is 0.814. The average Bonchev–Trinajstić information content (AvgIpc) is 3.26. The number of piperidine rings is 1. The number of sulfone groups is 1. The third kappa shape index (κ3) is 4.13. The Hall–Kier alpha value is -2.82. The number of nitrogens with zero attached hydrogens (tertiary/aromatic N) is 1. The quantitative estimate of drug-likeness (QED) is 0.631. The summed E-state index contributed by atoms with van der Waals surface area (Å²) >= 11 is 0. The van der Waals surface area contributed by atoms with Gasteiger partial charge in [0.25, 0.3) is 0 Å². The second-order valence-corrected chi connectivity index (χ2v) is 9.99. The number of methoxy groups -OCH3 is 1. The molecule has 10 heteroatoms. The zero-order chi connectivity index (χ0) is 22.8. The van der Waals surface area contributed by atoms with Crippen LogP contribution in [0.4, 0.5) is 0 Å². The Labute approximate surface area is 186 Å². The van der Waals surface area contributed by atoms with Gasteiger partial charge in [0.1, 0.15) is 11.5 Å². The lowest BCUT2D eigenvalue weighted by Gasteiger charge is -2.38. The Balaban J connectivity index is 1.51. The molecule has 1 fully saturated rings. The summed E-state index contributed by atoms with van der Waals surface area (Å²) < 4.78 is 46.3. The first-order chi connectivity index (χ1) is 15.4. The summed E-state index contributed by atoms with van der Waals surface area (Å²) in [5, 5.41) is 9.91. The number of likely N-dealkylation sites (tertiary alicyclic amines) is 1. The van der Waals surface area contributed by atoms with Gasteiger partial charge in [0.15, 0.2) is 26.1 Å². The van der Waals surface area contributed by atoms with Crippen LogP contribution in [0.25, 0.3) is 0 Å². The van der Waals surface area contributed by atoms with Gasteiger partial charge in [-0.3, -0.25) is 4.79 Å². The molecule has 32 heavy (non-hydrogen) atoms. The summed E-state index contributed by atoms with van der Waals surface area (Å²) in [6.45, 7) is 2.05. The molecule has 2 aromatic rings. The van der Waals surface area contributed by atoms with Crippen LogP contribution in [-0.2, 0) is 19.4 Å². The van der Waals surface area contributed by atoms with Crippen molar-refractivity contribution < 1.29 is 37.3 Å². The van der Waals surface area contributed by atoms with Crippen LogP contribution in [-0.4, -0.2) is 69.3 Å². The van der Waals surface area contributed by atoms with Crippen LogP contribution < -0.4 is 14.2 Å². The monoisotopic (exact) mass is 463 g/mol. The van der Waals surface area contributed by atoms with Gasteiger partial charge in [-0.25, -0.2) is 8.42 Å². The first kappa shape index (κ1) is 22.4. The first-order valence-electron chi connectivity index (χ1n) is 10.2. The largest absolute Gasteiger partial charge is 0.480 e. The molecule has 0 atom stereocenters. The molecule has 0 aromatic heterocycles. The highest BCUT2D eigenvalue weighted by molar-refractivity contribution is 7.93. The average molecular weight is 464 g/mol. The van der Waals surface area contributed by atoms with Gasteiger partial charge in [0, 0.05) is 32.8 Å². The van der Waals surface area contributed by atoms with Gasteiger partial charge in [0.05, 0.1) is 11.5 Å². The highest BCUT2D eigenvalue weighted by Gasteiger charge is 2.53. The Morgan fingerprint density at radius 2 is 1.72 bits per heavy atom. The fourth-order valence-corrected chi connectivity index (χ4v) is 5.84. The Kier molecular flexibility index (Phi) is 6.27. The van der Waals surface area contributed by atoms with Crippen LogP contribution in [0.1, 0.15) is 12.8 Å². The molecule has 0 spiro atoms. The highest BCUT2D eigenvalue weighted by Crippen LogP contribution is 2.38. The van der Waals surface area contributed by atoms with E-state index in [1.165, 1.54) is 24.3 Å². The Morgan fingerprint density at radius 1 is 1.06 bits per heavy atom. The predicted molar refractivity (Wildman–Crippen MR) is 114 cm³/mol. The van der Waals surface area contributed by atoms with E-state index >= 15 is 0 Å². The molecule has 0 aliphatic carbocycles. The van der Waals surface area contributed by atoms with Gasteiger partial charge in [-0.1, -0.05) is 0 Å². The van der Waals surface area contributed by atoms with Crippen LogP contribution in [0.3, 0.4) is 0 Å². The van der Waals surface area contributed by atoms with Gasteiger partial charge < -0.3 is 29.0 Å². The van der Waals surface area contributed by atoms with E-state index in [1.807, 2.05) is 4.90 Å². The third-order valence-corrected chi connectivity index (χ3v) is 8.40. The van der Waals surface area contributed by atoms with Crippen LogP contribution >= 0.6 is 0 Å².